The van der Waals surface area contributed by atoms with Crippen LogP contribution in [0.4, 0.5) is 8.78 Å². The molecular formula is C9H5BrF2N2O2. The van der Waals surface area contributed by atoms with Gasteiger partial charge in [0.2, 0.25) is 0 Å². The Hall–Kier alpha value is -1.55. The second kappa shape index (κ2) is 4.99. The summed E-state index contributed by atoms with van der Waals surface area (Å²) in [5, 5.41) is 17.5. The highest BCUT2D eigenvalue weighted by Crippen LogP contribution is 2.27. The minimum Gasteiger partial charge on any atom is -0.478 e. The lowest BCUT2D eigenvalue weighted by atomic mass is 10.0. The van der Waals surface area contributed by atoms with Gasteiger partial charge in [-0.2, -0.15) is 5.26 Å². The average molecular weight is 291 g/mol. The Morgan fingerprint density at radius 1 is 1.69 bits per heavy atom. The van der Waals surface area contributed by atoms with Crippen LogP contribution < -0.4 is 0 Å². The van der Waals surface area contributed by atoms with E-state index in [4.69, 9.17) is 10.4 Å². The van der Waals surface area contributed by atoms with Crippen LogP contribution in [0.2, 0.25) is 0 Å². The normalized spacial score (nSPS) is 10.2. The van der Waals surface area contributed by atoms with Crippen molar-refractivity contribution < 1.29 is 18.7 Å². The average Bonchev–Trinajstić information content (AvgIpc) is 2.26. The number of hydrogen-bond donors (Lipinski definition) is 1. The van der Waals surface area contributed by atoms with E-state index in [1.54, 1.807) is 6.07 Å². The molecule has 0 atom stereocenters. The molecule has 0 fully saturated rings. The molecule has 0 bridgehead atoms. The van der Waals surface area contributed by atoms with Gasteiger partial charge in [0.15, 0.2) is 0 Å². The number of aromatic nitrogens is 1. The number of rotatable bonds is 3. The van der Waals surface area contributed by atoms with E-state index < -0.39 is 18.1 Å². The Labute approximate surface area is 97.7 Å². The van der Waals surface area contributed by atoms with E-state index in [1.165, 1.54) is 0 Å². The van der Waals surface area contributed by atoms with Gasteiger partial charge in [-0.05, 0) is 0 Å². The van der Waals surface area contributed by atoms with E-state index in [0.717, 1.165) is 6.20 Å². The first-order chi connectivity index (χ1) is 7.52. The van der Waals surface area contributed by atoms with Gasteiger partial charge in [-0.3, -0.25) is 4.98 Å². The zero-order valence-electron chi connectivity index (χ0n) is 7.75. The van der Waals surface area contributed by atoms with Gasteiger partial charge < -0.3 is 5.11 Å². The molecule has 1 aromatic rings. The second-order valence-corrected chi connectivity index (χ2v) is 3.32. The molecule has 0 spiro atoms. The van der Waals surface area contributed by atoms with Crippen LogP contribution in [0.3, 0.4) is 0 Å². The fourth-order valence-electron chi connectivity index (χ4n) is 1.18. The van der Waals surface area contributed by atoms with Crippen molar-refractivity contribution in [2.45, 2.75) is 11.8 Å². The van der Waals surface area contributed by atoms with E-state index in [0.29, 0.717) is 0 Å². The summed E-state index contributed by atoms with van der Waals surface area (Å²) >= 11 is 2.93. The fraction of sp³-hybridized carbons (Fsp3) is 0.222. The molecule has 0 aromatic carbocycles. The van der Waals surface area contributed by atoms with Gasteiger partial charge in [0.25, 0.3) is 6.43 Å². The number of carboxylic acids is 1. The van der Waals surface area contributed by atoms with Crippen molar-refractivity contribution in [2.75, 3.05) is 0 Å². The molecule has 1 heterocycles. The summed E-state index contributed by atoms with van der Waals surface area (Å²) in [5.74, 6) is -1.37. The van der Waals surface area contributed by atoms with Crippen LogP contribution in [0.5, 0.6) is 0 Å². The van der Waals surface area contributed by atoms with Crippen molar-refractivity contribution in [1.29, 1.82) is 5.26 Å². The summed E-state index contributed by atoms with van der Waals surface area (Å²) in [6, 6.07) is 1.61. The smallest absolute Gasteiger partial charge is 0.338 e. The SMILES string of the molecule is N#Cc1c(C(=O)O)cnc(C(F)F)c1CBr. The van der Waals surface area contributed by atoms with E-state index >= 15 is 0 Å². The highest BCUT2D eigenvalue weighted by atomic mass is 79.9. The molecule has 16 heavy (non-hydrogen) atoms. The maximum atomic E-state index is 12.5. The van der Waals surface area contributed by atoms with Gasteiger partial charge in [0.1, 0.15) is 11.8 Å². The quantitative estimate of drug-likeness (QED) is 0.868. The van der Waals surface area contributed by atoms with Crippen LogP contribution in [0.25, 0.3) is 0 Å². The predicted octanol–water partition coefficient (Wildman–Crippen LogP) is 2.48. The van der Waals surface area contributed by atoms with Gasteiger partial charge in [0, 0.05) is 17.1 Å². The van der Waals surface area contributed by atoms with E-state index in [9.17, 15) is 13.6 Å². The third-order valence-electron chi connectivity index (χ3n) is 1.90. The third kappa shape index (κ3) is 2.17. The van der Waals surface area contributed by atoms with Crippen LogP contribution >= 0.6 is 15.9 Å². The van der Waals surface area contributed by atoms with Crippen LogP contribution in [-0.2, 0) is 5.33 Å². The highest BCUT2D eigenvalue weighted by Gasteiger charge is 2.22. The fourth-order valence-corrected chi connectivity index (χ4v) is 1.75. The Kier molecular flexibility index (Phi) is 3.90. The van der Waals surface area contributed by atoms with E-state index in [2.05, 4.69) is 20.9 Å². The number of nitriles is 1. The van der Waals surface area contributed by atoms with Crippen LogP contribution in [0, 0.1) is 11.3 Å². The van der Waals surface area contributed by atoms with E-state index in [1.807, 2.05) is 0 Å². The second-order valence-electron chi connectivity index (χ2n) is 2.76. The van der Waals surface area contributed by atoms with Crippen molar-refractivity contribution >= 4 is 21.9 Å². The summed E-state index contributed by atoms with van der Waals surface area (Å²) in [4.78, 5) is 14.1. The number of halogens is 3. The number of hydrogen-bond acceptors (Lipinski definition) is 3. The first-order valence-electron chi connectivity index (χ1n) is 4.02. The number of aromatic carboxylic acids is 1. The molecule has 0 unspecified atom stereocenters. The minimum absolute atomic E-state index is 0.0519. The van der Waals surface area contributed by atoms with Gasteiger partial charge in [-0.25, -0.2) is 13.6 Å². The number of carboxylic acid groups (broad SMARTS) is 1. The van der Waals surface area contributed by atoms with Crippen molar-refractivity contribution in [3.8, 4) is 6.07 Å². The van der Waals surface area contributed by atoms with E-state index in [-0.39, 0.29) is 22.0 Å². The standard InChI is InChI=1S/C9H5BrF2N2O2/c10-1-4-5(2-13)6(9(15)16)3-14-7(4)8(11)12/h3,8H,1H2,(H,15,16). The zero-order chi connectivity index (χ0) is 12.3. The summed E-state index contributed by atoms with van der Waals surface area (Å²) in [5.41, 5.74) is -1.31. The largest absolute Gasteiger partial charge is 0.478 e. The Balaban J connectivity index is 3.54. The van der Waals surface area contributed by atoms with Gasteiger partial charge in [-0.1, -0.05) is 15.9 Å². The topological polar surface area (TPSA) is 74.0 Å². The number of pyridine rings is 1. The molecule has 4 nitrogen and oxygen atoms in total. The lowest BCUT2D eigenvalue weighted by Crippen LogP contribution is -2.08. The van der Waals surface area contributed by atoms with Crippen LogP contribution in [-0.4, -0.2) is 16.1 Å². The van der Waals surface area contributed by atoms with Crippen LogP contribution in [0.1, 0.15) is 33.6 Å². The summed E-state index contributed by atoms with van der Waals surface area (Å²) in [7, 11) is 0. The molecule has 0 saturated heterocycles. The molecular weight excluding hydrogens is 286 g/mol. The van der Waals surface area contributed by atoms with Crippen molar-refractivity contribution in [3.63, 3.8) is 0 Å². The maximum absolute atomic E-state index is 12.5. The lowest BCUT2D eigenvalue weighted by molar-refractivity contribution is 0.0695. The van der Waals surface area contributed by atoms with Crippen molar-refractivity contribution in [3.05, 3.63) is 28.6 Å². The molecule has 7 heteroatoms. The monoisotopic (exact) mass is 290 g/mol. The Bertz CT molecular complexity index is 471. The molecule has 1 N–H and O–H groups in total. The molecule has 84 valence electrons. The van der Waals surface area contributed by atoms with Crippen LogP contribution in [0.15, 0.2) is 6.20 Å². The number of nitrogens with zero attached hydrogens (tertiary/aromatic N) is 2. The highest BCUT2D eigenvalue weighted by molar-refractivity contribution is 9.08. The minimum atomic E-state index is -2.84. The molecule has 0 radical (unpaired) electrons. The van der Waals surface area contributed by atoms with Crippen molar-refractivity contribution in [2.24, 2.45) is 0 Å². The first kappa shape index (κ1) is 12.5. The van der Waals surface area contributed by atoms with Gasteiger partial charge in [0.05, 0.1) is 11.1 Å². The molecule has 0 saturated carbocycles. The third-order valence-corrected chi connectivity index (χ3v) is 2.46. The molecule has 0 aliphatic rings. The van der Waals surface area contributed by atoms with Gasteiger partial charge in [-0.15, -0.1) is 0 Å². The number of alkyl halides is 3. The summed E-state index contributed by atoms with van der Waals surface area (Å²) in [6.45, 7) is 0. The maximum Gasteiger partial charge on any atom is 0.338 e. The molecule has 0 aliphatic carbocycles. The Morgan fingerprint density at radius 3 is 2.69 bits per heavy atom. The van der Waals surface area contributed by atoms with Gasteiger partial charge >= 0.3 is 5.97 Å². The number of carbonyl (C=O) groups is 1. The lowest BCUT2D eigenvalue weighted by Gasteiger charge is -2.08. The Morgan fingerprint density at radius 2 is 2.31 bits per heavy atom. The predicted molar refractivity (Wildman–Crippen MR) is 53.5 cm³/mol. The zero-order valence-corrected chi connectivity index (χ0v) is 9.33. The first-order valence-corrected chi connectivity index (χ1v) is 5.14. The molecule has 1 aromatic heterocycles. The molecule has 0 aliphatic heterocycles. The van der Waals surface area contributed by atoms with Crippen molar-refractivity contribution in [1.82, 2.24) is 4.98 Å². The summed E-state index contributed by atoms with van der Waals surface area (Å²) < 4.78 is 25.0. The molecule has 0 amide bonds. The molecule has 1 rings (SSSR count). The summed E-state index contributed by atoms with van der Waals surface area (Å²) in [6.07, 6.45) is -2.07.